The predicted molar refractivity (Wildman–Crippen MR) is 93.2 cm³/mol. The van der Waals surface area contributed by atoms with Crippen LogP contribution >= 0.6 is 0 Å². The van der Waals surface area contributed by atoms with E-state index in [1.165, 1.54) is 24.3 Å². The molecule has 0 bridgehead atoms. The highest BCUT2D eigenvalue weighted by molar-refractivity contribution is 5.90. The Hall–Kier alpha value is -3.75. The third-order valence-electron chi connectivity index (χ3n) is 3.40. The molecule has 9 nitrogen and oxygen atoms in total. The molecule has 0 aliphatic carbocycles. The lowest BCUT2D eigenvalue weighted by atomic mass is 10.1. The number of aromatic nitrogens is 4. The number of anilines is 1. The number of carbonyl (C=O) groups excluding carboxylic acids is 1. The van der Waals surface area contributed by atoms with Gasteiger partial charge in [-0.2, -0.15) is 9.97 Å². The summed E-state index contributed by atoms with van der Waals surface area (Å²) in [5.74, 6) is 0.608. The molecule has 26 heavy (non-hydrogen) atoms. The molecule has 1 amide bonds. The number of hydrogen-bond acceptors (Lipinski definition) is 7. The number of nitrogens with one attached hydrogen (secondary N) is 1. The van der Waals surface area contributed by atoms with Crippen LogP contribution in [0.1, 0.15) is 11.4 Å². The molecule has 9 heteroatoms. The average molecular weight is 350 g/mol. The van der Waals surface area contributed by atoms with E-state index >= 15 is 0 Å². The fraction of sp³-hybridized carbons (Fsp3) is 0.118. The van der Waals surface area contributed by atoms with Gasteiger partial charge in [0.1, 0.15) is 11.5 Å². The van der Waals surface area contributed by atoms with Crippen LogP contribution in [0.15, 0.2) is 48.7 Å². The molecule has 3 rings (SSSR count). The fourth-order valence-electron chi connectivity index (χ4n) is 2.24. The van der Waals surface area contributed by atoms with Crippen LogP contribution in [-0.4, -0.2) is 30.8 Å². The predicted octanol–water partition coefficient (Wildman–Crippen LogP) is 2.33. The zero-order chi connectivity index (χ0) is 18.5. The maximum atomic E-state index is 12.2. The van der Waals surface area contributed by atoms with E-state index in [1.807, 2.05) is 6.07 Å². The minimum atomic E-state index is -0.490. The molecule has 130 valence electrons. The van der Waals surface area contributed by atoms with Gasteiger partial charge in [-0.1, -0.05) is 18.2 Å². The molecule has 1 N–H and O–H groups in total. The monoisotopic (exact) mass is 350 g/mol. The summed E-state index contributed by atoms with van der Waals surface area (Å²) in [7, 11) is 0. The molecule has 0 spiro atoms. The van der Waals surface area contributed by atoms with Gasteiger partial charge in [0.05, 0.1) is 11.3 Å². The fourth-order valence-corrected chi connectivity index (χ4v) is 2.24. The van der Waals surface area contributed by atoms with Crippen molar-refractivity contribution in [3.63, 3.8) is 0 Å². The summed E-state index contributed by atoms with van der Waals surface area (Å²) in [4.78, 5) is 39.1. The van der Waals surface area contributed by atoms with E-state index in [0.717, 1.165) is 0 Å². The SMILES string of the molecule is Cc1nc(NC(=O)Cc2ccc([N+](=O)[O-])cc2)nc(-c2ccccn2)n1. The summed E-state index contributed by atoms with van der Waals surface area (Å²) in [6.45, 7) is 1.69. The lowest BCUT2D eigenvalue weighted by molar-refractivity contribution is -0.384. The zero-order valence-electron chi connectivity index (χ0n) is 13.8. The Bertz CT molecular complexity index is 944. The van der Waals surface area contributed by atoms with Crippen LogP contribution in [0.3, 0.4) is 0 Å². The second-order valence-corrected chi connectivity index (χ2v) is 5.39. The van der Waals surface area contributed by atoms with Gasteiger partial charge in [-0.25, -0.2) is 4.98 Å². The summed E-state index contributed by atoms with van der Waals surface area (Å²) >= 11 is 0. The normalized spacial score (nSPS) is 10.3. The number of amides is 1. The van der Waals surface area contributed by atoms with Gasteiger partial charge in [-0.3, -0.25) is 25.2 Å². The minimum Gasteiger partial charge on any atom is -0.294 e. The van der Waals surface area contributed by atoms with Crippen LogP contribution in [0.25, 0.3) is 11.5 Å². The van der Waals surface area contributed by atoms with Crippen LogP contribution in [0, 0.1) is 17.0 Å². The lowest BCUT2D eigenvalue weighted by Crippen LogP contribution is -2.17. The Morgan fingerprint density at radius 1 is 1.12 bits per heavy atom. The van der Waals surface area contributed by atoms with Gasteiger partial charge >= 0.3 is 0 Å². The van der Waals surface area contributed by atoms with E-state index in [4.69, 9.17) is 0 Å². The van der Waals surface area contributed by atoms with Gasteiger partial charge in [-0.15, -0.1) is 0 Å². The summed E-state index contributed by atoms with van der Waals surface area (Å²) in [5, 5.41) is 13.3. The van der Waals surface area contributed by atoms with Crippen molar-refractivity contribution in [1.82, 2.24) is 19.9 Å². The molecular formula is C17H14N6O3. The highest BCUT2D eigenvalue weighted by atomic mass is 16.6. The van der Waals surface area contributed by atoms with Crippen molar-refractivity contribution in [2.75, 3.05) is 5.32 Å². The topological polar surface area (TPSA) is 124 Å². The van der Waals surface area contributed by atoms with E-state index in [0.29, 0.717) is 22.9 Å². The van der Waals surface area contributed by atoms with Crippen molar-refractivity contribution in [2.45, 2.75) is 13.3 Å². The van der Waals surface area contributed by atoms with E-state index in [2.05, 4.69) is 25.3 Å². The summed E-state index contributed by atoms with van der Waals surface area (Å²) < 4.78 is 0. The first-order valence-corrected chi connectivity index (χ1v) is 7.68. The lowest BCUT2D eigenvalue weighted by Gasteiger charge is -2.06. The first-order chi connectivity index (χ1) is 12.5. The van der Waals surface area contributed by atoms with E-state index in [-0.39, 0.29) is 24.0 Å². The third-order valence-corrected chi connectivity index (χ3v) is 3.40. The third kappa shape index (κ3) is 4.20. The van der Waals surface area contributed by atoms with Crippen molar-refractivity contribution in [3.8, 4) is 11.5 Å². The number of non-ortho nitro benzene ring substituents is 1. The number of carbonyl (C=O) groups is 1. The summed E-state index contributed by atoms with van der Waals surface area (Å²) in [5.41, 5.74) is 1.19. The first-order valence-electron chi connectivity index (χ1n) is 7.68. The van der Waals surface area contributed by atoms with Crippen molar-refractivity contribution in [1.29, 1.82) is 0 Å². The second kappa shape index (κ2) is 7.43. The Labute approximate surface area is 148 Å². The number of aryl methyl sites for hydroxylation is 1. The minimum absolute atomic E-state index is 0.0257. The molecule has 0 atom stereocenters. The number of rotatable bonds is 5. The van der Waals surface area contributed by atoms with Gasteiger partial charge in [0.15, 0.2) is 5.82 Å². The number of hydrogen-bond donors (Lipinski definition) is 1. The highest BCUT2D eigenvalue weighted by Gasteiger charge is 2.11. The Balaban J connectivity index is 1.73. The largest absolute Gasteiger partial charge is 0.294 e. The number of nitrogens with zero attached hydrogens (tertiary/aromatic N) is 5. The smallest absolute Gasteiger partial charge is 0.269 e. The summed E-state index contributed by atoms with van der Waals surface area (Å²) in [6, 6.07) is 11.1. The molecular weight excluding hydrogens is 336 g/mol. The van der Waals surface area contributed by atoms with Crippen LogP contribution < -0.4 is 5.32 Å². The maximum Gasteiger partial charge on any atom is 0.269 e. The Morgan fingerprint density at radius 3 is 2.54 bits per heavy atom. The van der Waals surface area contributed by atoms with Crippen LogP contribution in [0.4, 0.5) is 11.6 Å². The molecule has 3 aromatic rings. The molecule has 0 unspecified atom stereocenters. The van der Waals surface area contributed by atoms with Crippen LogP contribution in [0.2, 0.25) is 0 Å². The number of pyridine rings is 1. The number of benzene rings is 1. The maximum absolute atomic E-state index is 12.2. The van der Waals surface area contributed by atoms with Gasteiger partial charge in [0, 0.05) is 18.3 Å². The molecule has 0 radical (unpaired) electrons. The second-order valence-electron chi connectivity index (χ2n) is 5.39. The van der Waals surface area contributed by atoms with Gasteiger partial charge < -0.3 is 0 Å². The quantitative estimate of drug-likeness (QED) is 0.553. The average Bonchev–Trinajstić information content (AvgIpc) is 2.62. The molecule has 0 saturated heterocycles. The van der Waals surface area contributed by atoms with Gasteiger partial charge in [-0.05, 0) is 24.6 Å². The molecule has 0 aliphatic heterocycles. The molecule has 0 fully saturated rings. The van der Waals surface area contributed by atoms with Crippen molar-refractivity contribution in [2.24, 2.45) is 0 Å². The van der Waals surface area contributed by atoms with Crippen molar-refractivity contribution >= 4 is 17.5 Å². The van der Waals surface area contributed by atoms with E-state index < -0.39 is 4.92 Å². The van der Waals surface area contributed by atoms with Crippen molar-refractivity contribution in [3.05, 3.63) is 70.2 Å². The first kappa shape index (κ1) is 17.1. The Kier molecular flexibility index (Phi) is 4.88. The zero-order valence-corrected chi connectivity index (χ0v) is 13.8. The summed E-state index contributed by atoms with van der Waals surface area (Å²) in [6.07, 6.45) is 1.67. The molecule has 2 heterocycles. The van der Waals surface area contributed by atoms with Gasteiger partial charge in [0.25, 0.3) is 5.69 Å². The Morgan fingerprint density at radius 2 is 1.88 bits per heavy atom. The van der Waals surface area contributed by atoms with Gasteiger partial charge in [0.2, 0.25) is 11.9 Å². The molecule has 0 aliphatic rings. The number of nitro groups is 1. The van der Waals surface area contributed by atoms with Crippen LogP contribution in [0.5, 0.6) is 0 Å². The van der Waals surface area contributed by atoms with E-state index in [9.17, 15) is 14.9 Å². The van der Waals surface area contributed by atoms with Crippen LogP contribution in [-0.2, 0) is 11.2 Å². The number of nitro benzene ring substituents is 1. The highest BCUT2D eigenvalue weighted by Crippen LogP contribution is 2.14. The molecule has 1 aromatic carbocycles. The van der Waals surface area contributed by atoms with E-state index in [1.54, 1.807) is 25.3 Å². The standard InChI is InChI=1S/C17H14N6O3/c1-11-19-16(14-4-2-3-9-18-14)22-17(20-11)21-15(24)10-12-5-7-13(8-6-12)23(25)26/h2-9H,10H2,1H3,(H,19,20,21,22,24). The molecule has 2 aromatic heterocycles. The molecule has 0 saturated carbocycles. The van der Waals surface area contributed by atoms with Crippen molar-refractivity contribution < 1.29 is 9.72 Å².